The highest BCUT2D eigenvalue weighted by molar-refractivity contribution is 8.13. The molecule has 0 aliphatic carbocycles. The van der Waals surface area contributed by atoms with E-state index in [1.807, 2.05) is 146 Å². The van der Waals surface area contributed by atoms with E-state index in [0.29, 0.717) is 48.5 Å². The van der Waals surface area contributed by atoms with Crippen molar-refractivity contribution in [1.82, 2.24) is 35.9 Å². The Bertz CT molecular complexity index is 4600. The zero-order valence-electron chi connectivity index (χ0n) is 76.9. The van der Waals surface area contributed by atoms with Crippen molar-refractivity contribution in [2.24, 2.45) is 21.5 Å². The summed E-state index contributed by atoms with van der Waals surface area (Å²) in [4.78, 5) is 69.9. The summed E-state index contributed by atoms with van der Waals surface area (Å²) in [5, 5.41) is 116. The fraction of sp³-hybridized carbons (Fsp3) is 0.468. The van der Waals surface area contributed by atoms with E-state index in [2.05, 4.69) is 50.6 Å². The lowest BCUT2D eigenvalue weighted by atomic mass is 10.1. The van der Waals surface area contributed by atoms with E-state index in [1.54, 1.807) is 32.2 Å². The van der Waals surface area contributed by atoms with Gasteiger partial charge in [-0.15, -0.1) is 11.8 Å². The molecule has 40 nitrogen and oxygen atoms in total. The van der Waals surface area contributed by atoms with Crippen LogP contribution in [-0.2, 0) is 67.3 Å². The van der Waals surface area contributed by atoms with E-state index in [9.17, 15) is 44.7 Å². The number of ether oxygens (including phenoxy) is 9. The lowest BCUT2D eigenvalue weighted by Crippen LogP contribution is -2.38. The number of hydrogen-bond donors (Lipinski definition) is 21. The van der Waals surface area contributed by atoms with Crippen LogP contribution in [0.3, 0.4) is 0 Å². The van der Waals surface area contributed by atoms with Crippen molar-refractivity contribution in [3.05, 3.63) is 213 Å². The first-order chi connectivity index (χ1) is 65.4. The Labute approximate surface area is 813 Å². The van der Waals surface area contributed by atoms with Gasteiger partial charge in [-0.3, -0.25) is 19.9 Å². The molecule has 0 spiro atoms. The lowest BCUT2D eigenvalue weighted by Gasteiger charge is -2.14. The van der Waals surface area contributed by atoms with E-state index in [0.717, 1.165) is 112 Å². The number of carbonyl (C=O) groups is 4. The highest BCUT2D eigenvalue weighted by Gasteiger charge is 2.21. The number of nitrogens with one attached hydrogen (secondary N) is 3. The normalized spacial score (nSPS) is 13.0. The van der Waals surface area contributed by atoms with Crippen LogP contribution in [0.15, 0.2) is 168 Å². The average molecular weight is 1980 g/mol. The lowest BCUT2D eigenvalue weighted by molar-refractivity contribution is -0.0337. The molecule has 9 rings (SSSR count). The fourth-order valence-electron chi connectivity index (χ4n) is 10.6. The van der Waals surface area contributed by atoms with Crippen molar-refractivity contribution >= 4 is 93.2 Å². The molecule has 43 heteroatoms. The number of halogens is 2. The van der Waals surface area contributed by atoms with Crippen molar-refractivity contribution in [1.29, 1.82) is 0 Å². The van der Waals surface area contributed by atoms with Gasteiger partial charge < -0.3 is 149 Å². The second-order valence-corrected chi connectivity index (χ2v) is 31.5. The molecule has 1 saturated heterocycles. The van der Waals surface area contributed by atoms with Gasteiger partial charge in [-0.25, -0.2) is 34.5 Å². The third-order valence-electron chi connectivity index (χ3n) is 18.0. The molecule has 7 unspecified atom stereocenters. The largest absolute Gasteiger partial charge is 0.508 e. The van der Waals surface area contributed by atoms with Crippen LogP contribution in [0, 0.1) is 0 Å². The maximum absolute atomic E-state index is 12.2. The van der Waals surface area contributed by atoms with Crippen LogP contribution < -0.4 is 64.6 Å². The maximum atomic E-state index is 12.2. The average Bonchev–Trinajstić information content (AvgIpc) is 1.59. The molecule has 8 aromatic rings. The molecule has 0 bridgehead atoms. The number of epoxide rings is 1. The molecule has 0 saturated carbocycles. The summed E-state index contributed by atoms with van der Waals surface area (Å²) in [6.45, 7) is 6.47. The number of hydrogen-bond acceptors (Lipinski definition) is 36. The van der Waals surface area contributed by atoms with Gasteiger partial charge in [0.25, 0.3) is 11.8 Å². The number of anilines is 4. The quantitative estimate of drug-likeness (QED) is 0.00841. The van der Waals surface area contributed by atoms with Crippen molar-refractivity contribution < 1.29 is 123 Å². The van der Waals surface area contributed by atoms with Crippen molar-refractivity contribution in [2.45, 2.75) is 154 Å². The minimum absolute atomic E-state index is 0. The van der Waals surface area contributed by atoms with Crippen LogP contribution in [0.4, 0.5) is 32.9 Å². The summed E-state index contributed by atoms with van der Waals surface area (Å²) >= 11 is 12.8. The van der Waals surface area contributed by atoms with Gasteiger partial charge in [-0.05, 0) is 186 Å². The Morgan fingerprint density at radius 1 is 0.482 bits per heavy atom. The number of benzene rings is 6. The SMILES string of the molecule is C.CCO.CSC(C)=NC(=O)c1nc(Cl)c(N)nc1N.NC(=NCCCCc1ccc(OCC(O)COCC(O)CO)cc1)NC(=O)c1nc(Cl)c(N)nc1N.NCCCCc1ccc(OCC(O)COCC(O)CO)cc1.O=C(NCCCCc1ccc(O)cc1)OCc1ccccc1.O=C(NCCCCc1ccc(OCC(O)COCC(O)CO)cc1)OCc1ccccc1.OCC1CO1. The topological polar surface area (TPSA) is 666 Å². The summed E-state index contributed by atoms with van der Waals surface area (Å²) in [6.07, 6.45) is 6.84. The molecule has 1 fully saturated rings. The highest BCUT2D eigenvalue weighted by Crippen LogP contribution is 2.23. The van der Waals surface area contributed by atoms with Gasteiger partial charge in [-0.2, -0.15) is 0 Å². The molecule has 7 atom stereocenters. The Morgan fingerprint density at radius 2 is 0.825 bits per heavy atom. The molecular formula is C94H139Cl2N15O25S. The summed E-state index contributed by atoms with van der Waals surface area (Å²) in [5.74, 6) is 0.540. The number of rotatable bonds is 50. The first kappa shape index (κ1) is 122. The fourth-order valence-corrected chi connectivity index (χ4v) is 11.0. The summed E-state index contributed by atoms with van der Waals surface area (Å²) in [7, 11) is 0. The number of nitrogen functional groups attached to an aromatic ring is 4. The van der Waals surface area contributed by atoms with Crippen LogP contribution in [0.1, 0.15) is 127 Å². The number of aromatic hydroxyl groups is 1. The van der Waals surface area contributed by atoms with Crippen LogP contribution >= 0.6 is 35.0 Å². The number of nitrogens with zero attached hydrogens (tertiary/aromatic N) is 6. The number of aliphatic hydroxyl groups is 11. The molecule has 1 aliphatic rings. The van der Waals surface area contributed by atoms with Crippen molar-refractivity contribution in [3.8, 4) is 23.0 Å². The third-order valence-corrected chi connectivity index (χ3v) is 19.2. The van der Waals surface area contributed by atoms with Gasteiger partial charge in [0.1, 0.15) is 98.8 Å². The number of aromatic nitrogens is 4. The second kappa shape index (κ2) is 75.1. The predicted octanol–water partition coefficient (Wildman–Crippen LogP) is 6.46. The number of amides is 4. The van der Waals surface area contributed by atoms with Crippen LogP contribution in [0.25, 0.3) is 0 Å². The van der Waals surface area contributed by atoms with Crippen molar-refractivity contribution in [3.63, 3.8) is 0 Å². The number of phenols is 1. The third kappa shape index (κ3) is 59.7. The zero-order valence-corrected chi connectivity index (χ0v) is 79.2. The molecule has 3 heterocycles. The standard InChI is InChI=1S/C24H33NO7.C22H32ClN7O6.C18H21NO3.C16H27NO5.C8H10ClN5OS.C3H6O2.C2H6O.CH4/c26-14-21(27)16-30-17-22(28)18-31-23-11-9-19(10-12-23)6-4-5-13-25-24(29)32-15-20-7-2-1-3-8-20;23-18-20(25)29-19(24)17(28-18)21(34)30-22(26)27-8-2-1-3-13-4-6-16(7-5-13)36-12-15(33)11-35-10-14(32)9-31;20-17-11-9-15(10-12-17)6-4-5-13-19-18(21)22-14-16-7-2-1-3-8-16;17-8-2-1-3-13-4-6-16(7-5-13)22-12-15(20)11-21-10-14(19)9-18;1-3(16-2)12-8(15)4-6(10)14-7(11)5(9)13-4;4-1-3-2-5-3;1-2-3;/h1-3,7-12,21-22,26-28H,4-6,13-18H2,(H,25,29);4-7,14-15,31-33H,1-3,8-12H2,(H4,24,25,29)(H3,26,27,30,34);1-3,7-12,20H,4-6,13-14H2,(H,19,21);4-7,14-15,18-20H,1-3,8-12,17H2;1-2H3,(H4,10,11,14);3-4H,1-2H2;3H,2H2,1H3;1H4. The number of phenolic OH excluding ortho intramolecular Hbond substituents is 1. The van der Waals surface area contributed by atoms with E-state index < -0.39 is 61.1 Å². The number of unbranched alkanes of at least 4 members (excludes halogenated alkanes) is 4. The number of thioether (sulfide) groups is 1. The maximum Gasteiger partial charge on any atom is 0.407 e. The van der Waals surface area contributed by atoms with E-state index in [1.165, 1.54) is 22.9 Å². The number of aliphatic imine (C=N–C) groups is 2. The Morgan fingerprint density at radius 3 is 1.17 bits per heavy atom. The minimum Gasteiger partial charge on any atom is -0.508 e. The number of guanidine groups is 1. The Hall–Kier alpha value is -11.0. The van der Waals surface area contributed by atoms with E-state index in [-0.39, 0.29) is 169 Å². The van der Waals surface area contributed by atoms with Gasteiger partial charge in [0.2, 0.25) is 0 Å². The molecule has 6 aromatic carbocycles. The first-order valence-corrected chi connectivity index (χ1v) is 45.8. The number of aliphatic hydroxyl groups excluding tert-OH is 11. The highest BCUT2D eigenvalue weighted by atomic mass is 35.5. The minimum atomic E-state index is -0.966. The second-order valence-electron chi connectivity index (χ2n) is 29.8. The predicted molar refractivity (Wildman–Crippen MR) is 527 cm³/mol. The van der Waals surface area contributed by atoms with Gasteiger partial charge in [0.15, 0.2) is 50.9 Å². The van der Waals surface area contributed by atoms with Crippen LogP contribution in [0.5, 0.6) is 23.0 Å². The number of nitrogens with two attached hydrogens (primary N) is 6. The summed E-state index contributed by atoms with van der Waals surface area (Å²) in [5.41, 5.74) is 39.5. The monoisotopic (exact) mass is 1980 g/mol. The van der Waals surface area contributed by atoms with Crippen molar-refractivity contribution in [2.75, 3.05) is 154 Å². The number of carbonyl (C=O) groups excluding carboxylic acids is 4. The zero-order chi connectivity index (χ0) is 100. The molecule has 4 amide bonds. The van der Waals surface area contributed by atoms with E-state index in [4.69, 9.17) is 131 Å². The molecule has 137 heavy (non-hydrogen) atoms. The van der Waals surface area contributed by atoms with Gasteiger partial charge >= 0.3 is 12.2 Å². The molecular weight excluding hydrogens is 1840 g/mol. The van der Waals surface area contributed by atoms with Gasteiger partial charge in [0, 0.05) is 26.2 Å². The molecule has 2 aromatic heterocycles. The summed E-state index contributed by atoms with van der Waals surface area (Å²) < 4.78 is 46.7. The number of aryl methyl sites for hydroxylation is 4. The number of alkyl carbamates (subject to hydrolysis) is 2. The van der Waals surface area contributed by atoms with Gasteiger partial charge in [0.05, 0.1) is 77.7 Å². The van der Waals surface area contributed by atoms with Crippen LogP contribution in [-0.4, -0.2) is 290 Å². The van der Waals surface area contributed by atoms with Crippen LogP contribution in [0.2, 0.25) is 10.3 Å². The van der Waals surface area contributed by atoms with Gasteiger partial charge in [-0.1, -0.05) is 140 Å². The molecule has 0 radical (unpaired) electrons. The Kier molecular flexibility index (Phi) is 66.9. The van der Waals surface area contributed by atoms with E-state index >= 15 is 0 Å². The molecule has 27 N–H and O–H groups in total. The first-order valence-electron chi connectivity index (χ1n) is 43.9. The molecule has 760 valence electrons. The smallest absolute Gasteiger partial charge is 0.407 e. The summed E-state index contributed by atoms with van der Waals surface area (Å²) in [6, 6.07) is 49.2. The molecule has 1 aliphatic heterocycles. The Balaban J connectivity index is 0.000000578.